The number of carboxylic acid groups (broad SMARTS) is 1. The van der Waals surface area contributed by atoms with Crippen molar-refractivity contribution in [3.63, 3.8) is 0 Å². The van der Waals surface area contributed by atoms with Crippen LogP contribution in [0.25, 0.3) is 5.78 Å². The number of aromatic carboxylic acids is 1. The Kier molecular flexibility index (Phi) is 3.62. The minimum Gasteiger partial charge on any atom is -0.478 e. The Bertz CT molecular complexity index is 1190. The molecule has 0 atom stereocenters. The van der Waals surface area contributed by atoms with Crippen LogP contribution in [0, 0.1) is 0 Å². The lowest BCUT2D eigenvalue weighted by molar-refractivity contribution is 0.0696. The van der Waals surface area contributed by atoms with Crippen molar-refractivity contribution in [1.82, 2.24) is 19.6 Å². The molecule has 0 aliphatic carbocycles. The number of aryl methyl sites for hydroxylation is 1. The van der Waals surface area contributed by atoms with Crippen LogP contribution in [0.4, 0.5) is 5.95 Å². The van der Waals surface area contributed by atoms with Crippen LogP contribution < -0.4 is 10.5 Å². The van der Waals surface area contributed by atoms with Gasteiger partial charge in [0, 0.05) is 6.07 Å². The highest BCUT2D eigenvalue weighted by Gasteiger charge is 2.39. The predicted octanol–water partition coefficient (Wildman–Crippen LogP) is 0.869. The summed E-state index contributed by atoms with van der Waals surface area (Å²) in [5.74, 6) is -2.70. The summed E-state index contributed by atoms with van der Waals surface area (Å²) in [6, 6.07) is 5.04. The summed E-state index contributed by atoms with van der Waals surface area (Å²) in [5.41, 5.74) is 0.0780. The fourth-order valence-corrected chi connectivity index (χ4v) is 2.97. The van der Waals surface area contributed by atoms with Gasteiger partial charge in [-0.2, -0.15) is 9.50 Å². The lowest BCUT2D eigenvalue weighted by Gasteiger charge is -2.08. The molecule has 1 aliphatic heterocycles. The summed E-state index contributed by atoms with van der Waals surface area (Å²) < 4.78 is 1.04. The second-order valence-corrected chi connectivity index (χ2v) is 6.03. The highest BCUT2D eigenvalue weighted by molar-refractivity contribution is 6.34. The van der Waals surface area contributed by atoms with E-state index in [9.17, 15) is 19.2 Å². The molecule has 4 rings (SSSR count). The smallest absolute Gasteiger partial charge is 0.335 e. The van der Waals surface area contributed by atoms with E-state index in [0.717, 1.165) is 21.9 Å². The summed E-state index contributed by atoms with van der Waals surface area (Å²) in [7, 11) is 0. The minimum atomic E-state index is -1.21. The third kappa shape index (κ3) is 2.49. The van der Waals surface area contributed by atoms with Crippen molar-refractivity contribution in [3.05, 3.63) is 57.0 Å². The molecule has 1 aliphatic rings. The lowest BCUT2D eigenvalue weighted by Crippen LogP contribution is -2.30. The van der Waals surface area contributed by atoms with Gasteiger partial charge in [-0.3, -0.25) is 19.5 Å². The van der Waals surface area contributed by atoms with Crippen molar-refractivity contribution in [2.45, 2.75) is 19.8 Å². The fraction of sp³-hybridized carbons (Fsp3) is 0.176. The highest BCUT2D eigenvalue weighted by atomic mass is 16.4. The van der Waals surface area contributed by atoms with E-state index in [1.807, 2.05) is 6.92 Å². The molecule has 0 radical (unpaired) electrons. The second-order valence-electron chi connectivity index (χ2n) is 6.03. The van der Waals surface area contributed by atoms with Gasteiger partial charge in [-0.25, -0.2) is 14.7 Å². The molecule has 10 nitrogen and oxygen atoms in total. The first kappa shape index (κ1) is 16.6. The zero-order valence-corrected chi connectivity index (χ0v) is 14.1. The number of nitrogens with one attached hydrogen (secondary N) is 1. The van der Waals surface area contributed by atoms with E-state index in [0.29, 0.717) is 12.1 Å². The summed E-state index contributed by atoms with van der Waals surface area (Å²) in [5, 5.41) is 11.7. The maximum absolute atomic E-state index is 12.7. The Morgan fingerprint density at radius 3 is 2.56 bits per heavy atom. The number of carboxylic acids is 1. The SMILES string of the molecule is CCCc1cc(=O)n2[nH]c(N3C(=O)c4ccc(C(=O)O)cc4C3=O)nc2n1. The molecule has 136 valence electrons. The van der Waals surface area contributed by atoms with E-state index in [-0.39, 0.29) is 28.4 Å². The van der Waals surface area contributed by atoms with Crippen LogP contribution >= 0.6 is 0 Å². The van der Waals surface area contributed by atoms with Crippen molar-refractivity contribution in [1.29, 1.82) is 0 Å². The van der Waals surface area contributed by atoms with Gasteiger partial charge in [-0.05, 0) is 24.6 Å². The zero-order valence-electron chi connectivity index (χ0n) is 14.1. The van der Waals surface area contributed by atoms with Crippen LogP contribution in [-0.4, -0.2) is 42.5 Å². The third-order valence-electron chi connectivity index (χ3n) is 4.22. The van der Waals surface area contributed by atoms with Crippen molar-refractivity contribution in [2.24, 2.45) is 0 Å². The monoisotopic (exact) mass is 367 g/mol. The number of fused-ring (bicyclic) bond motifs is 2. The standard InChI is InChI=1S/C17H13N5O5/c1-2-3-9-7-12(23)22-16(18-9)19-17(20-22)21-13(24)10-5-4-8(15(26)27)6-11(10)14(21)25/h4-7H,2-3H2,1H3,(H,26,27)(H,18,19,20). The zero-order chi connectivity index (χ0) is 19.3. The van der Waals surface area contributed by atoms with E-state index in [1.54, 1.807) is 0 Å². The van der Waals surface area contributed by atoms with Crippen LogP contribution in [0.15, 0.2) is 29.1 Å². The van der Waals surface area contributed by atoms with Gasteiger partial charge in [-0.15, -0.1) is 0 Å². The number of carbonyl (C=O) groups excluding carboxylic acids is 2. The number of H-pyrrole nitrogens is 1. The summed E-state index contributed by atoms with van der Waals surface area (Å²) in [4.78, 5) is 57.7. The molecule has 0 saturated carbocycles. The Morgan fingerprint density at radius 1 is 1.11 bits per heavy atom. The molecule has 0 bridgehead atoms. The summed E-state index contributed by atoms with van der Waals surface area (Å²) >= 11 is 0. The Hall–Kier alpha value is -3.82. The molecule has 3 heterocycles. The largest absolute Gasteiger partial charge is 0.478 e. The maximum atomic E-state index is 12.7. The molecular weight excluding hydrogens is 354 g/mol. The van der Waals surface area contributed by atoms with E-state index >= 15 is 0 Å². The van der Waals surface area contributed by atoms with Crippen molar-refractivity contribution in [2.75, 3.05) is 4.90 Å². The molecule has 2 N–H and O–H groups in total. The fourth-order valence-electron chi connectivity index (χ4n) is 2.97. The van der Waals surface area contributed by atoms with E-state index in [2.05, 4.69) is 15.1 Å². The van der Waals surface area contributed by atoms with Crippen LogP contribution in [0.5, 0.6) is 0 Å². The van der Waals surface area contributed by atoms with Crippen LogP contribution in [0.3, 0.4) is 0 Å². The van der Waals surface area contributed by atoms with Gasteiger partial charge in [-0.1, -0.05) is 13.3 Å². The van der Waals surface area contributed by atoms with Crippen molar-refractivity contribution < 1.29 is 19.5 Å². The Balaban J connectivity index is 1.81. The van der Waals surface area contributed by atoms with Crippen LogP contribution in [0.2, 0.25) is 0 Å². The molecule has 2 aromatic heterocycles. The number of nitrogens with zero attached hydrogens (tertiary/aromatic N) is 4. The van der Waals surface area contributed by atoms with Crippen molar-refractivity contribution in [3.8, 4) is 0 Å². The molecule has 0 fully saturated rings. The molecule has 2 amide bonds. The normalized spacial score (nSPS) is 13.4. The maximum Gasteiger partial charge on any atom is 0.335 e. The highest BCUT2D eigenvalue weighted by Crippen LogP contribution is 2.27. The topological polar surface area (TPSA) is 138 Å². The number of rotatable bonds is 4. The van der Waals surface area contributed by atoms with Crippen LogP contribution in [-0.2, 0) is 6.42 Å². The van der Waals surface area contributed by atoms with Gasteiger partial charge in [0.15, 0.2) is 0 Å². The van der Waals surface area contributed by atoms with Gasteiger partial charge in [0.25, 0.3) is 23.2 Å². The first-order chi connectivity index (χ1) is 12.9. The average Bonchev–Trinajstić information content (AvgIpc) is 3.15. The molecule has 1 aromatic carbocycles. The van der Waals surface area contributed by atoms with Gasteiger partial charge in [0.1, 0.15) is 0 Å². The second kappa shape index (κ2) is 5.87. The number of aromatic amines is 1. The number of imide groups is 1. The van der Waals surface area contributed by atoms with Gasteiger partial charge >= 0.3 is 5.97 Å². The molecule has 3 aromatic rings. The summed E-state index contributed by atoms with van der Waals surface area (Å²) in [6.07, 6.45) is 1.39. The van der Waals surface area contributed by atoms with E-state index < -0.39 is 23.3 Å². The molecule has 27 heavy (non-hydrogen) atoms. The number of aromatic nitrogens is 4. The van der Waals surface area contributed by atoms with E-state index in [1.165, 1.54) is 18.2 Å². The number of amides is 2. The van der Waals surface area contributed by atoms with Crippen LogP contribution in [0.1, 0.15) is 50.1 Å². The van der Waals surface area contributed by atoms with Gasteiger partial charge in [0.2, 0.25) is 5.95 Å². The first-order valence-electron chi connectivity index (χ1n) is 8.15. The predicted molar refractivity (Wildman–Crippen MR) is 92.1 cm³/mol. The molecular formula is C17H13N5O5. The molecule has 0 spiro atoms. The molecule has 0 saturated heterocycles. The van der Waals surface area contributed by atoms with E-state index in [4.69, 9.17) is 5.11 Å². The number of benzene rings is 1. The van der Waals surface area contributed by atoms with Crippen molar-refractivity contribution >= 4 is 29.5 Å². The quantitative estimate of drug-likeness (QED) is 0.653. The summed E-state index contributed by atoms with van der Waals surface area (Å²) in [6.45, 7) is 1.95. The minimum absolute atomic E-state index is 0.0349. The Labute approximate surface area is 151 Å². The molecule has 0 unspecified atom stereocenters. The lowest BCUT2D eigenvalue weighted by atomic mass is 10.1. The van der Waals surface area contributed by atoms with Gasteiger partial charge < -0.3 is 5.11 Å². The first-order valence-corrected chi connectivity index (χ1v) is 8.15. The number of carbonyl (C=O) groups is 3. The Morgan fingerprint density at radius 2 is 1.85 bits per heavy atom. The number of hydrogen-bond donors (Lipinski definition) is 2. The number of hydrogen-bond acceptors (Lipinski definition) is 6. The third-order valence-corrected chi connectivity index (χ3v) is 4.22. The average molecular weight is 367 g/mol. The van der Waals surface area contributed by atoms with Gasteiger partial charge in [0.05, 0.1) is 22.4 Å². The molecule has 10 heteroatoms. The number of anilines is 1.